The molecule has 0 aliphatic carbocycles. The summed E-state index contributed by atoms with van der Waals surface area (Å²) in [5, 5.41) is 8.71. The van der Waals surface area contributed by atoms with E-state index >= 15 is 0 Å². The molecule has 66 valence electrons. The second-order valence-electron chi connectivity index (χ2n) is 2.33. The van der Waals surface area contributed by atoms with Crippen molar-refractivity contribution in [2.24, 2.45) is 0 Å². The van der Waals surface area contributed by atoms with Gasteiger partial charge >= 0.3 is 0 Å². The second kappa shape index (κ2) is 2.58. The van der Waals surface area contributed by atoms with Gasteiger partial charge in [0.15, 0.2) is 17.4 Å². The number of aromatic hydroxyl groups is 1. The number of halogens is 3. The fourth-order valence-corrected chi connectivity index (χ4v) is 0.789. The summed E-state index contributed by atoms with van der Waals surface area (Å²) in [6, 6.07) is 0. The van der Waals surface area contributed by atoms with Gasteiger partial charge in [-0.3, -0.25) is 0 Å². The minimum Gasteiger partial charge on any atom is -0.503 e. The minimum absolute atomic E-state index is 0.539. The molecule has 0 amide bonds. The van der Waals surface area contributed by atoms with Crippen LogP contribution in [0.1, 0.15) is 5.56 Å². The summed E-state index contributed by atoms with van der Waals surface area (Å²) in [6.45, 7) is 1.03. The van der Waals surface area contributed by atoms with Crippen LogP contribution in [0.5, 0.6) is 5.75 Å². The predicted molar refractivity (Wildman–Crippen MR) is 37.1 cm³/mol. The van der Waals surface area contributed by atoms with Crippen molar-refractivity contribution < 1.29 is 18.3 Å². The molecule has 0 atom stereocenters. The Bertz CT molecular complexity index is 233. The minimum atomic E-state index is -1.52. The van der Waals surface area contributed by atoms with Crippen LogP contribution in [0.2, 0.25) is 0 Å². The number of anilines is 1. The molecular formula is C7H6F3NO. The maximum atomic E-state index is 12.7. The van der Waals surface area contributed by atoms with E-state index in [1.165, 1.54) is 0 Å². The van der Waals surface area contributed by atoms with Crippen LogP contribution < -0.4 is 5.73 Å². The van der Waals surface area contributed by atoms with E-state index in [0.29, 0.717) is 0 Å². The van der Waals surface area contributed by atoms with E-state index in [1.54, 1.807) is 0 Å². The number of nitrogens with two attached hydrogens (primary N) is 1. The van der Waals surface area contributed by atoms with Gasteiger partial charge in [0.05, 0.1) is 0 Å². The smallest absolute Gasteiger partial charge is 0.203 e. The van der Waals surface area contributed by atoms with Gasteiger partial charge in [0.1, 0.15) is 5.69 Å². The predicted octanol–water partition coefficient (Wildman–Crippen LogP) is 1.70. The molecule has 1 aromatic rings. The molecule has 5 heteroatoms. The van der Waals surface area contributed by atoms with Gasteiger partial charge < -0.3 is 10.8 Å². The lowest BCUT2D eigenvalue weighted by Crippen LogP contribution is -2.01. The summed E-state index contributed by atoms with van der Waals surface area (Å²) in [5.41, 5.74) is 3.61. The molecule has 0 unspecified atom stereocenters. The molecule has 0 fully saturated rings. The van der Waals surface area contributed by atoms with Crippen molar-refractivity contribution in [3.63, 3.8) is 0 Å². The van der Waals surface area contributed by atoms with Crippen molar-refractivity contribution in [1.29, 1.82) is 0 Å². The third-order valence-electron chi connectivity index (χ3n) is 1.55. The number of hydrogen-bond acceptors (Lipinski definition) is 2. The lowest BCUT2D eigenvalue weighted by atomic mass is 10.1. The zero-order valence-corrected chi connectivity index (χ0v) is 6.16. The van der Waals surface area contributed by atoms with Gasteiger partial charge in [-0.25, -0.2) is 8.78 Å². The van der Waals surface area contributed by atoms with Gasteiger partial charge in [-0.2, -0.15) is 4.39 Å². The molecule has 0 radical (unpaired) electrons. The maximum absolute atomic E-state index is 12.7. The van der Waals surface area contributed by atoms with Crippen LogP contribution in [0.25, 0.3) is 0 Å². The van der Waals surface area contributed by atoms with Crippen molar-refractivity contribution in [1.82, 2.24) is 0 Å². The van der Waals surface area contributed by atoms with Crippen molar-refractivity contribution in [2.45, 2.75) is 6.92 Å². The highest BCUT2D eigenvalue weighted by Crippen LogP contribution is 2.31. The van der Waals surface area contributed by atoms with Crippen molar-refractivity contribution in [3.05, 3.63) is 23.0 Å². The summed E-state index contributed by atoms with van der Waals surface area (Å²) in [5.74, 6) is -5.26. The summed E-state index contributed by atoms with van der Waals surface area (Å²) in [4.78, 5) is 0. The van der Waals surface area contributed by atoms with Crippen LogP contribution in [-0.4, -0.2) is 5.11 Å². The Morgan fingerprint density at radius 3 is 2.08 bits per heavy atom. The van der Waals surface area contributed by atoms with Crippen molar-refractivity contribution >= 4 is 5.69 Å². The van der Waals surface area contributed by atoms with Crippen LogP contribution in [0, 0.1) is 24.4 Å². The van der Waals surface area contributed by atoms with Crippen LogP contribution >= 0.6 is 0 Å². The Hall–Kier alpha value is -1.39. The SMILES string of the molecule is Cc1c(F)c(N)c(O)c(F)c1F. The Morgan fingerprint density at radius 1 is 1.08 bits per heavy atom. The average Bonchev–Trinajstić information content (AvgIpc) is 2.08. The standard InChI is InChI=1S/C7H6F3NO/c1-2-3(8)5(10)7(12)6(11)4(2)9/h12H,11H2,1H3. The van der Waals surface area contributed by atoms with Crippen LogP contribution in [0.15, 0.2) is 0 Å². The molecule has 1 rings (SSSR count). The topological polar surface area (TPSA) is 46.2 Å². The summed E-state index contributed by atoms with van der Waals surface area (Å²) in [6.07, 6.45) is 0. The van der Waals surface area contributed by atoms with E-state index in [1.807, 2.05) is 0 Å². The summed E-state index contributed by atoms with van der Waals surface area (Å²) < 4.78 is 37.9. The van der Waals surface area contributed by atoms with Crippen LogP contribution in [0.3, 0.4) is 0 Å². The molecule has 2 nitrogen and oxygen atoms in total. The highest BCUT2D eigenvalue weighted by atomic mass is 19.2. The third-order valence-corrected chi connectivity index (χ3v) is 1.55. The fraction of sp³-hybridized carbons (Fsp3) is 0.143. The first kappa shape index (κ1) is 8.70. The Labute approximate surface area is 66.4 Å². The molecule has 0 saturated carbocycles. The molecule has 0 aliphatic heterocycles. The summed E-state index contributed by atoms with van der Waals surface area (Å²) >= 11 is 0. The molecule has 0 spiro atoms. The lowest BCUT2D eigenvalue weighted by molar-refractivity contribution is 0.399. The monoisotopic (exact) mass is 177 g/mol. The number of hydrogen-bond donors (Lipinski definition) is 2. The van der Waals surface area contributed by atoms with Gasteiger partial charge in [-0.15, -0.1) is 0 Å². The molecule has 0 bridgehead atoms. The zero-order chi connectivity index (χ0) is 9.46. The van der Waals surface area contributed by atoms with Crippen molar-refractivity contribution in [2.75, 3.05) is 5.73 Å². The van der Waals surface area contributed by atoms with E-state index in [4.69, 9.17) is 10.8 Å². The maximum Gasteiger partial charge on any atom is 0.203 e. The first-order valence-corrected chi connectivity index (χ1v) is 3.08. The molecule has 0 heterocycles. The van der Waals surface area contributed by atoms with Gasteiger partial charge in [-0.1, -0.05) is 0 Å². The number of benzene rings is 1. The summed E-state index contributed by atoms with van der Waals surface area (Å²) in [7, 11) is 0. The van der Waals surface area contributed by atoms with E-state index < -0.39 is 34.5 Å². The first-order valence-electron chi connectivity index (χ1n) is 3.08. The van der Waals surface area contributed by atoms with E-state index in [-0.39, 0.29) is 0 Å². The average molecular weight is 177 g/mol. The molecule has 0 aromatic heterocycles. The molecule has 1 aromatic carbocycles. The number of nitrogen functional groups attached to an aromatic ring is 1. The normalized spacial score (nSPS) is 10.3. The molecular weight excluding hydrogens is 171 g/mol. The van der Waals surface area contributed by atoms with Crippen LogP contribution in [0.4, 0.5) is 18.9 Å². The third kappa shape index (κ3) is 0.975. The fourth-order valence-electron chi connectivity index (χ4n) is 0.789. The van der Waals surface area contributed by atoms with Gasteiger partial charge in [0.2, 0.25) is 5.82 Å². The van der Waals surface area contributed by atoms with E-state index in [0.717, 1.165) is 6.92 Å². The van der Waals surface area contributed by atoms with E-state index in [9.17, 15) is 13.2 Å². The lowest BCUT2D eigenvalue weighted by Gasteiger charge is -2.05. The van der Waals surface area contributed by atoms with Gasteiger partial charge in [0.25, 0.3) is 0 Å². The molecule has 0 aliphatic rings. The second-order valence-corrected chi connectivity index (χ2v) is 2.33. The highest BCUT2D eigenvalue weighted by molar-refractivity contribution is 5.55. The van der Waals surface area contributed by atoms with Crippen LogP contribution in [-0.2, 0) is 0 Å². The molecule has 12 heavy (non-hydrogen) atoms. The number of rotatable bonds is 0. The Balaban J connectivity index is 3.60. The number of phenols is 1. The van der Waals surface area contributed by atoms with Crippen molar-refractivity contribution in [3.8, 4) is 5.75 Å². The quantitative estimate of drug-likeness (QED) is 0.360. The van der Waals surface area contributed by atoms with Gasteiger partial charge in [-0.05, 0) is 6.92 Å². The zero-order valence-electron chi connectivity index (χ0n) is 6.16. The van der Waals surface area contributed by atoms with Gasteiger partial charge in [0, 0.05) is 5.56 Å². The van der Waals surface area contributed by atoms with E-state index in [2.05, 4.69) is 0 Å². The first-order chi connectivity index (χ1) is 5.46. The Morgan fingerprint density at radius 2 is 1.58 bits per heavy atom. The highest BCUT2D eigenvalue weighted by Gasteiger charge is 2.19. The molecule has 0 saturated heterocycles. The Kier molecular flexibility index (Phi) is 1.87. The number of phenolic OH excluding ortho intramolecular Hbond substituents is 1. The largest absolute Gasteiger partial charge is 0.503 e. The molecule has 3 N–H and O–H groups in total.